The van der Waals surface area contributed by atoms with Crippen molar-refractivity contribution >= 4 is 7.60 Å². The van der Waals surface area contributed by atoms with Crippen molar-refractivity contribution in [2.24, 2.45) is 0 Å². The number of unbranched alkanes of at least 4 members (excludes halogenated alkanes) is 4. The van der Waals surface area contributed by atoms with Gasteiger partial charge >= 0.3 is 0 Å². The van der Waals surface area contributed by atoms with Crippen LogP contribution in [0, 0.1) is 0 Å². The van der Waals surface area contributed by atoms with Crippen LogP contribution in [-0.2, 0) is 4.57 Å². The van der Waals surface area contributed by atoms with Gasteiger partial charge in [-0.15, -0.1) is 0 Å². The molecule has 0 aliphatic carbocycles. The highest BCUT2D eigenvalue weighted by Gasteiger charge is 2.24. The third-order valence-electron chi connectivity index (χ3n) is 5.10. The fraction of sp³-hybridized carbons (Fsp3) is 0.909. The standard InChI is InChI=1S/C16H36N.C6H13O4P/c1-5-9-13-17(14-10-6-2,15-11-7-3)16-12-8-4;1-6(5-7)3-2-4-11(8,9)10/h5-16H2,1-4H3;3,7H,2,4-5H2,1H3,(H2,8,9,10)/q+1;/p-1/b;6-3+. The zero-order chi connectivity index (χ0) is 21.9. The van der Waals surface area contributed by atoms with Gasteiger partial charge < -0.3 is 23.9 Å². The Morgan fingerprint density at radius 2 is 1.25 bits per heavy atom. The molecule has 2 N–H and O–H groups in total. The van der Waals surface area contributed by atoms with E-state index in [0.717, 1.165) is 0 Å². The van der Waals surface area contributed by atoms with Gasteiger partial charge in [-0.05, 0) is 39.0 Å². The van der Waals surface area contributed by atoms with Crippen LogP contribution in [0.15, 0.2) is 11.6 Å². The first-order valence-electron chi connectivity index (χ1n) is 11.3. The lowest BCUT2D eigenvalue weighted by Gasteiger charge is -2.39. The number of nitrogens with zero attached hydrogens (tertiary/aromatic N) is 1. The molecule has 170 valence electrons. The van der Waals surface area contributed by atoms with Crippen LogP contribution in [0.4, 0.5) is 0 Å². The average Bonchev–Trinajstić information content (AvgIpc) is 2.66. The summed E-state index contributed by atoms with van der Waals surface area (Å²) in [5.41, 5.74) is 0.707. The van der Waals surface area contributed by atoms with E-state index in [2.05, 4.69) is 27.7 Å². The van der Waals surface area contributed by atoms with E-state index in [4.69, 9.17) is 10.00 Å². The monoisotopic (exact) mass is 421 g/mol. The third kappa shape index (κ3) is 19.1. The van der Waals surface area contributed by atoms with Gasteiger partial charge in [0.1, 0.15) is 7.60 Å². The van der Waals surface area contributed by atoms with Gasteiger partial charge in [0.25, 0.3) is 0 Å². The fourth-order valence-corrected chi connectivity index (χ4v) is 3.64. The fourth-order valence-electron chi connectivity index (χ4n) is 3.18. The van der Waals surface area contributed by atoms with Crippen LogP contribution in [-0.4, -0.2) is 53.4 Å². The van der Waals surface area contributed by atoms with Crippen molar-refractivity contribution in [3.05, 3.63) is 11.6 Å². The number of allylic oxidation sites excluding steroid dienone is 1. The number of aliphatic hydroxyl groups is 1. The molecule has 1 atom stereocenters. The summed E-state index contributed by atoms with van der Waals surface area (Å²) in [6, 6.07) is 0. The quantitative estimate of drug-likeness (QED) is 0.212. The first kappa shape index (κ1) is 30.0. The van der Waals surface area contributed by atoms with Crippen molar-refractivity contribution in [2.45, 2.75) is 92.4 Å². The molecule has 5 nitrogen and oxygen atoms in total. The lowest BCUT2D eigenvalue weighted by Crippen LogP contribution is -2.50. The number of hydrogen-bond acceptors (Lipinski definition) is 3. The molecular weight excluding hydrogens is 373 g/mol. The Kier molecular flexibility index (Phi) is 20.2. The lowest BCUT2D eigenvalue weighted by atomic mass is 10.1. The normalized spacial score (nSPS) is 14.4. The summed E-state index contributed by atoms with van der Waals surface area (Å²) in [6.07, 6.45) is 12.6. The van der Waals surface area contributed by atoms with E-state index in [1.54, 1.807) is 13.0 Å². The van der Waals surface area contributed by atoms with Gasteiger partial charge in [0.05, 0.1) is 32.8 Å². The van der Waals surface area contributed by atoms with E-state index in [1.807, 2.05) is 0 Å². The smallest absolute Gasteiger partial charge is 0.132 e. The van der Waals surface area contributed by atoms with Crippen molar-refractivity contribution in [3.63, 3.8) is 0 Å². The molecule has 0 rings (SSSR count). The molecule has 0 aliphatic heterocycles. The average molecular weight is 422 g/mol. The number of hydrogen-bond donors (Lipinski definition) is 2. The van der Waals surface area contributed by atoms with Crippen LogP contribution in [0.1, 0.15) is 92.4 Å². The Hall–Kier alpha value is -0.190. The van der Waals surface area contributed by atoms with Crippen molar-refractivity contribution in [2.75, 3.05) is 38.9 Å². The van der Waals surface area contributed by atoms with Crippen molar-refractivity contribution < 1.29 is 23.9 Å². The highest BCUT2D eigenvalue weighted by Crippen LogP contribution is 2.29. The van der Waals surface area contributed by atoms with Gasteiger partial charge in [0.15, 0.2) is 0 Å². The molecule has 0 bridgehead atoms. The predicted octanol–water partition coefficient (Wildman–Crippen LogP) is 4.86. The van der Waals surface area contributed by atoms with Gasteiger partial charge in [-0.1, -0.05) is 65.0 Å². The molecule has 28 heavy (non-hydrogen) atoms. The molecule has 6 heteroatoms. The largest absolute Gasteiger partial charge is 0.779 e. The van der Waals surface area contributed by atoms with E-state index in [-0.39, 0.29) is 19.2 Å². The third-order valence-corrected chi connectivity index (χ3v) is 5.92. The maximum atomic E-state index is 10.2. The van der Waals surface area contributed by atoms with Gasteiger partial charge in [0, 0.05) is 6.16 Å². The molecule has 0 saturated heterocycles. The predicted molar refractivity (Wildman–Crippen MR) is 120 cm³/mol. The molecule has 0 fully saturated rings. The second-order valence-corrected chi connectivity index (χ2v) is 9.73. The molecule has 0 amide bonds. The first-order valence-corrected chi connectivity index (χ1v) is 13.1. The molecule has 0 aromatic heterocycles. The maximum Gasteiger partial charge on any atom is 0.132 e. The molecule has 0 spiro atoms. The highest BCUT2D eigenvalue weighted by molar-refractivity contribution is 7.50. The molecular formula is C22H48NO4P. The molecule has 0 heterocycles. The van der Waals surface area contributed by atoms with Gasteiger partial charge in [-0.3, -0.25) is 0 Å². The summed E-state index contributed by atoms with van der Waals surface area (Å²) in [5, 5.41) is 8.49. The van der Waals surface area contributed by atoms with E-state index in [0.29, 0.717) is 5.57 Å². The van der Waals surface area contributed by atoms with Gasteiger partial charge in [-0.2, -0.15) is 0 Å². The number of rotatable bonds is 16. The molecule has 0 aromatic carbocycles. The summed E-state index contributed by atoms with van der Waals surface area (Å²) >= 11 is 0. The second kappa shape index (κ2) is 18.8. The van der Waals surface area contributed by atoms with Crippen LogP contribution < -0.4 is 4.89 Å². The Morgan fingerprint density at radius 1 is 0.893 bits per heavy atom. The molecule has 0 aliphatic rings. The SMILES string of the molecule is C/C(=C\CCP(=O)([O-])O)CO.CCCC[N+](CCCC)(CCCC)CCCC. The summed E-state index contributed by atoms with van der Waals surface area (Å²) in [4.78, 5) is 18.5. The van der Waals surface area contributed by atoms with Crippen LogP contribution >= 0.6 is 7.60 Å². The van der Waals surface area contributed by atoms with Gasteiger partial charge in [0.2, 0.25) is 0 Å². The minimum Gasteiger partial charge on any atom is -0.779 e. The number of quaternary nitrogens is 1. The van der Waals surface area contributed by atoms with E-state index >= 15 is 0 Å². The summed E-state index contributed by atoms with van der Waals surface area (Å²) < 4.78 is 11.6. The summed E-state index contributed by atoms with van der Waals surface area (Å²) in [7, 11) is -4.11. The van der Waals surface area contributed by atoms with Crippen molar-refractivity contribution in [1.82, 2.24) is 0 Å². The van der Waals surface area contributed by atoms with Crippen LogP contribution in [0.2, 0.25) is 0 Å². The topological polar surface area (TPSA) is 80.6 Å². The molecule has 1 unspecified atom stereocenters. The zero-order valence-corrected chi connectivity index (χ0v) is 20.2. The van der Waals surface area contributed by atoms with Crippen LogP contribution in [0.5, 0.6) is 0 Å². The Morgan fingerprint density at radius 3 is 1.50 bits per heavy atom. The van der Waals surface area contributed by atoms with Crippen LogP contribution in [0.25, 0.3) is 0 Å². The zero-order valence-electron chi connectivity index (χ0n) is 19.3. The van der Waals surface area contributed by atoms with Crippen molar-refractivity contribution in [3.8, 4) is 0 Å². The molecule has 0 saturated carbocycles. The first-order chi connectivity index (χ1) is 13.2. The van der Waals surface area contributed by atoms with Gasteiger partial charge in [-0.25, -0.2) is 0 Å². The van der Waals surface area contributed by atoms with Crippen LogP contribution in [0.3, 0.4) is 0 Å². The van der Waals surface area contributed by atoms with Crippen molar-refractivity contribution in [1.29, 1.82) is 0 Å². The summed E-state index contributed by atoms with van der Waals surface area (Å²) in [5.74, 6) is 0. The Balaban J connectivity index is 0. The second-order valence-electron chi connectivity index (χ2n) is 8.01. The minimum absolute atomic E-state index is 0.0748. The minimum atomic E-state index is -4.11. The highest BCUT2D eigenvalue weighted by atomic mass is 31.2. The maximum absolute atomic E-state index is 10.2. The Bertz CT molecular complexity index is 383. The van der Waals surface area contributed by atoms with E-state index < -0.39 is 7.60 Å². The number of aliphatic hydroxyl groups excluding tert-OH is 1. The summed E-state index contributed by atoms with van der Waals surface area (Å²) in [6.45, 7) is 16.6. The molecule has 0 aromatic rings. The van der Waals surface area contributed by atoms with E-state index in [9.17, 15) is 9.46 Å². The van der Waals surface area contributed by atoms with E-state index in [1.165, 1.54) is 82.0 Å². The lowest BCUT2D eigenvalue weighted by molar-refractivity contribution is -0.929. The Labute approximate surface area is 175 Å². The molecule has 0 radical (unpaired) electrons.